The molecule has 0 saturated carbocycles. The maximum absolute atomic E-state index is 12.9. The third kappa shape index (κ3) is 3.95. The van der Waals surface area contributed by atoms with Crippen LogP contribution in [0.5, 0.6) is 0 Å². The minimum absolute atomic E-state index is 0.0435. The molecule has 4 aromatic rings. The summed E-state index contributed by atoms with van der Waals surface area (Å²) in [4.78, 5) is 12.9. The van der Waals surface area contributed by atoms with E-state index in [0.29, 0.717) is 16.7 Å². The lowest BCUT2D eigenvalue weighted by atomic mass is 9.88. The summed E-state index contributed by atoms with van der Waals surface area (Å²) in [5.41, 5.74) is 6.42. The van der Waals surface area contributed by atoms with Gasteiger partial charge in [0, 0.05) is 5.57 Å². The third-order valence-electron chi connectivity index (χ3n) is 5.95. The number of hydrogen-bond donors (Lipinski definition) is 0. The largest absolute Gasteiger partial charge is 0.289 e. The van der Waals surface area contributed by atoms with Crippen LogP contribution in [-0.2, 0) is 4.79 Å². The summed E-state index contributed by atoms with van der Waals surface area (Å²) in [6.45, 7) is 0. The smallest absolute Gasteiger partial charge is 0.186 e. The summed E-state index contributed by atoms with van der Waals surface area (Å²) >= 11 is 0. The van der Waals surface area contributed by atoms with Gasteiger partial charge in [-0.05, 0) is 87.1 Å². The van der Waals surface area contributed by atoms with Crippen molar-refractivity contribution in [1.29, 1.82) is 10.5 Å². The minimum Gasteiger partial charge on any atom is -0.289 e. The number of ketones is 1. The second kappa shape index (κ2) is 8.87. The molecule has 0 aliphatic heterocycles. The first-order valence-corrected chi connectivity index (χ1v) is 10.8. The Bertz CT molecular complexity index is 1540. The molecular formula is C31H18N2O. The Morgan fingerprint density at radius 3 is 1.82 bits per heavy atom. The predicted octanol–water partition coefficient (Wildman–Crippen LogP) is 6.69. The molecule has 158 valence electrons. The monoisotopic (exact) mass is 434 g/mol. The average Bonchev–Trinajstić information content (AvgIpc) is 2.89. The molecule has 0 unspecified atom stereocenters. The Balaban J connectivity index is 1.66. The van der Waals surface area contributed by atoms with Crippen LogP contribution in [0.2, 0.25) is 0 Å². The molecule has 34 heavy (non-hydrogen) atoms. The number of benzene rings is 4. The number of rotatable bonds is 3. The molecule has 0 radical (unpaired) electrons. The predicted molar refractivity (Wildman–Crippen MR) is 135 cm³/mol. The van der Waals surface area contributed by atoms with E-state index in [-0.39, 0.29) is 5.78 Å². The first kappa shape index (κ1) is 20.9. The summed E-state index contributed by atoms with van der Waals surface area (Å²) in [6.07, 6.45) is 7.28. The number of allylic oxidation sites excluding steroid dienone is 4. The van der Waals surface area contributed by atoms with Gasteiger partial charge in [-0.2, -0.15) is 10.5 Å². The molecule has 0 amide bonds. The number of nitrogens with zero attached hydrogens (tertiary/aromatic N) is 2. The van der Waals surface area contributed by atoms with Gasteiger partial charge >= 0.3 is 0 Å². The van der Waals surface area contributed by atoms with Gasteiger partial charge in [0.2, 0.25) is 0 Å². The van der Waals surface area contributed by atoms with Crippen molar-refractivity contribution in [3.05, 3.63) is 137 Å². The van der Waals surface area contributed by atoms with Crippen molar-refractivity contribution in [1.82, 2.24) is 0 Å². The Hall–Kier alpha value is -4.99. The first-order chi connectivity index (χ1) is 16.7. The zero-order chi connectivity index (χ0) is 23.5. The van der Waals surface area contributed by atoms with Crippen molar-refractivity contribution in [2.45, 2.75) is 0 Å². The van der Waals surface area contributed by atoms with E-state index in [2.05, 4.69) is 30.3 Å². The molecule has 0 fully saturated rings. The zero-order valence-corrected chi connectivity index (χ0v) is 18.2. The maximum atomic E-state index is 12.9. The fraction of sp³-hybridized carbons (Fsp3) is 0. The molecular weight excluding hydrogens is 416 g/mol. The quantitative estimate of drug-likeness (QED) is 0.337. The molecule has 0 saturated heterocycles. The van der Waals surface area contributed by atoms with Crippen LogP contribution >= 0.6 is 0 Å². The lowest BCUT2D eigenvalue weighted by Gasteiger charge is -2.15. The van der Waals surface area contributed by atoms with E-state index in [1.165, 1.54) is 0 Å². The van der Waals surface area contributed by atoms with Gasteiger partial charge in [-0.25, -0.2) is 0 Å². The van der Waals surface area contributed by atoms with Crippen LogP contribution in [0.1, 0.15) is 33.4 Å². The van der Waals surface area contributed by atoms with Gasteiger partial charge < -0.3 is 0 Å². The van der Waals surface area contributed by atoms with Gasteiger partial charge in [0.15, 0.2) is 5.78 Å². The molecule has 0 N–H and O–H groups in total. The van der Waals surface area contributed by atoms with E-state index in [4.69, 9.17) is 10.5 Å². The second-order valence-electron chi connectivity index (χ2n) is 8.02. The molecule has 1 aliphatic carbocycles. The zero-order valence-electron chi connectivity index (χ0n) is 18.2. The molecule has 1 aliphatic rings. The SMILES string of the molecule is N#Cc1ccc(C(=C/C=C2\C(=O)C=Cc3cc4ccccc4cc32)c2ccc(C#N)cc2)cc1. The van der Waals surface area contributed by atoms with Gasteiger partial charge in [-0.15, -0.1) is 0 Å². The maximum Gasteiger partial charge on any atom is 0.186 e. The summed E-state index contributed by atoms with van der Waals surface area (Å²) < 4.78 is 0. The number of carbonyl (C=O) groups is 1. The van der Waals surface area contributed by atoms with Crippen LogP contribution in [0.25, 0.3) is 28.0 Å². The van der Waals surface area contributed by atoms with Crippen molar-refractivity contribution in [3.8, 4) is 12.1 Å². The lowest BCUT2D eigenvalue weighted by Crippen LogP contribution is -2.04. The molecule has 4 aromatic carbocycles. The molecule has 0 spiro atoms. The number of hydrogen-bond acceptors (Lipinski definition) is 3. The highest BCUT2D eigenvalue weighted by Crippen LogP contribution is 2.32. The van der Waals surface area contributed by atoms with Crippen molar-refractivity contribution in [2.75, 3.05) is 0 Å². The fourth-order valence-corrected chi connectivity index (χ4v) is 4.16. The van der Waals surface area contributed by atoms with Gasteiger partial charge in [0.25, 0.3) is 0 Å². The van der Waals surface area contributed by atoms with E-state index in [1.54, 1.807) is 30.3 Å². The highest BCUT2D eigenvalue weighted by atomic mass is 16.1. The molecule has 3 heteroatoms. The van der Waals surface area contributed by atoms with Gasteiger partial charge in [0.1, 0.15) is 0 Å². The molecule has 0 bridgehead atoms. The summed E-state index contributed by atoms with van der Waals surface area (Å²) in [6, 6.07) is 31.2. The standard InChI is InChI=1S/C31H18N2O/c32-19-21-5-9-23(10-6-21)28(24-11-7-22(20-33)8-12-24)14-15-29-30-18-26-4-2-1-3-25(26)17-27(30)13-16-31(29)34/h1-18H/b29-15-. The van der Waals surface area contributed by atoms with E-state index < -0.39 is 0 Å². The molecule has 0 atom stereocenters. The third-order valence-corrected chi connectivity index (χ3v) is 5.95. The summed E-state index contributed by atoms with van der Waals surface area (Å²) in [7, 11) is 0. The van der Waals surface area contributed by atoms with Crippen molar-refractivity contribution < 1.29 is 4.79 Å². The van der Waals surface area contributed by atoms with Crippen LogP contribution in [0, 0.1) is 22.7 Å². The average molecular weight is 434 g/mol. The van der Waals surface area contributed by atoms with Crippen molar-refractivity contribution in [3.63, 3.8) is 0 Å². The van der Waals surface area contributed by atoms with Crippen LogP contribution < -0.4 is 0 Å². The Morgan fingerprint density at radius 2 is 1.26 bits per heavy atom. The lowest BCUT2D eigenvalue weighted by molar-refractivity contribution is -0.109. The Morgan fingerprint density at radius 1 is 0.706 bits per heavy atom. The van der Waals surface area contributed by atoms with Crippen molar-refractivity contribution in [2.24, 2.45) is 0 Å². The minimum atomic E-state index is -0.0435. The van der Waals surface area contributed by atoms with Gasteiger partial charge in [-0.1, -0.05) is 60.7 Å². The van der Waals surface area contributed by atoms with Crippen molar-refractivity contribution >= 4 is 33.8 Å². The topological polar surface area (TPSA) is 64.7 Å². The number of fused-ring (bicyclic) bond motifs is 2. The van der Waals surface area contributed by atoms with Crippen LogP contribution in [0.15, 0.2) is 103 Å². The normalized spacial score (nSPS) is 13.2. The Labute approximate surface area is 197 Å². The first-order valence-electron chi connectivity index (χ1n) is 10.8. The van der Waals surface area contributed by atoms with E-state index in [9.17, 15) is 4.79 Å². The van der Waals surface area contributed by atoms with Gasteiger partial charge in [0.05, 0.1) is 23.3 Å². The van der Waals surface area contributed by atoms with E-state index >= 15 is 0 Å². The van der Waals surface area contributed by atoms with Gasteiger partial charge in [-0.3, -0.25) is 4.79 Å². The highest BCUT2D eigenvalue weighted by Gasteiger charge is 2.17. The molecule has 5 rings (SSSR count). The number of nitriles is 2. The molecule has 0 heterocycles. The summed E-state index contributed by atoms with van der Waals surface area (Å²) in [5, 5.41) is 20.5. The molecule has 3 nitrogen and oxygen atoms in total. The number of carbonyl (C=O) groups excluding carboxylic acids is 1. The highest BCUT2D eigenvalue weighted by molar-refractivity contribution is 6.30. The van der Waals surface area contributed by atoms with Crippen LogP contribution in [-0.4, -0.2) is 5.78 Å². The van der Waals surface area contributed by atoms with E-state index in [0.717, 1.165) is 38.6 Å². The second-order valence-corrected chi connectivity index (χ2v) is 8.02. The van der Waals surface area contributed by atoms with Crippen LogP contribution in [0.4, 0.5) is 0 Å². The summed E-state index contributed by atoms with van der Waals surface area (Å²) in [5.74, 6) is -0.0435. The fourth-order valence-electron chi connectivity index (χ4n) is 4.16. The Kier molecular flexibility index (Phi) is 5.45. The van der Waals surface area contributed by atoms with E-state index in [1.807, 2.05) is 60.7 Å². The molecule has 0 aromatic heterocycles. The van der Waals surface area contributed by atoms with Crippen LogP contribution in [0.3, 0.4) is 0 Å².